The highest BCUT2D eigenvalue weighted by atomic mass is 16.1. The lowest BCUT2D eigenvalue weighted by atomic mass is 9.99. The van der Waals surface area contributed by atoms with E-state index in [-0.39, 0.29) is 17.5 Å². The lowest BCUT2D eigenvalue weighted by molar-refractivity contribution is -0.120. The second kappa shape index (κ2) is 4.45. The summed E-state index contributed by atoms with van der Waals surface area (Å²) in [5, 5.41) is 3.22. The van der Waals surface area contributed by atoms with Crippen LogP contribution in [0.2, 0.25) is 0 Å². The van der Waals surface area contributed by atoms with Gasteiger partial charge in [0.15, 0.2) is 0 Å². The van der Waals surface area contributed by atoms with Crippen molar-refractivity contribution in [1.29, 1.82) is 0 Å². The molecular formula is C9H20N2O. The topological polar surface area (TPSA) is 55.1 Å². The molecular weight excluding hydrogens is 152 g/mol. The highest BCUT2D eigenvalue weighted by Crippen LogP contribution is 2.09. The Morgan fingerprint density at radius 1 is 1.50 bits per heavy atom. The molecule has 0 fully saturated rings. The van der Waals surface area contributed by atoms with Crippen LogP contribution in [0.1, 0.15) is 40.5 Å². The van der Waals surface area contributed by atoms with Crippen molar-refractivity contribution in [3.63, 3.8) is 0 Å². The molecule has 0 bridgehead atoms. The quantitative estimate of drug-likeness (QED) is 0.650. The zero-order chi connectivity index (χ0) is 9.78. The number of amides is 1. The van der Waals surface area contributed by atoms with Crippen LogP contribution in [0.5, 0.6) is 0 Å². The summed E-state index contributed by atoms with van der Waals surface area (Å²) < 4.78 is 0. The number of carbonyl (C=O) groups excluding carboxylic acids is 1. The van der Waals surface area contributed by atoms with E-state index < -0.39 is 0 Å². The Balaban J connectivity index is 4.11. The Kier molecular flexibility index (Phi) is 4.24. The fourth-order valence-electron chi connectivity index (χ4n) is 0.948. The molecule has 0 rings (SSSR count). The molecule has 0 saturated heterocycles. The van der Waals surface area contributed by atoms with Gasteiger partial charge in [-0.1, -0.05) is 13.8 Å². The van der Waals surface area contributed by atoms with Crippen molar-refractivity contribution < 1.29 is 4.79 Å². The standard InChI is InChI=1S/C9H20N2O/c1-5-7(8(10)12)11-9(3,4)6-2/h7,11H,5-6H2,1-4H3,(H2,10,12). The molecule has 0 aliphatic rings. The van der Waals surface area contributed by atoms with Crippen molar-refractivity contribution in [2.75, 3.05) is 0 Å². The van der Waals surface area contributed by atoms with Gasteiger partial charge in [-0.3, -0.25) is 4.79 Å². The van der Waals surface area contributed by atoms with Gasteiger partial charge in [0.2, 0.25) is 5.91 Å². The third-order valence-corrected chi connectivity index (χ3v) is 2.20. The van der Waals surface area contributed by atoms with Crippen LogP contribution in [0.25, 0.3) is 0 Å². The molecule has 0 aromatic heterocycles. The third kappa shape index (κ3) is 3.72. The van der Waals surface area contributed by atoms with E-state index in [4.69, 9.17) is 5.73 Å². The Labute approximate surface area is 74.7 Å². The zero-order valence-corrected chi connectivity index (χ0v) is 8.48. The van der Waals surface area contributed by atoms with Gasteiger partial charge in [-0.25, -0.2) is 0 Å². The maximum absolute atomic E-state index is 10.9. The van der Waals surface area contributed by atoms with Crippen LogP contribution in [0.4, 0.5) is 0 Å². The summed E-state index contributed by atoms with van der Waals surface area (Å²) in [4.78, 5) is 10.9. The molecule has 3 nitrogen and oxygen atoms in total. The van der Waals surface area contributed by atoms with Crippen LogP contribution in [0.3, 0.4) is 0 Å². The van der Waals surface area contributed by atoms with Crippen LogP contribution in [-0.2, 0) is 4.79 Å². The maximum atomic E-state index is 10.9. The van der Waals surface area contributed by atoms with Gasteiger partial charge in [0, 0.05) is 5.54 Å². The molecule has 0 aromatic carbocycles. The number of nitrogens with two attached hydrogens (primary N) is 1. The second-order valence-corrected chi connectivity index (χ2v) is 3.74. The highest BCUT2D eigenvalue weighted by molar-refractivity contribution is 5.79. The van der Waals surface area contributed by atoms with E-state index in [1.807, 2.05) is 6.92 Å². The fraction of sp³-hybridized carbons (Fsp3) is 0.889. The normalized spacial score (nSPS) is 14.3. The van der Waals surface area contributed by atoms with E-state index in [0.29, 0.717) is 0 Å². The summed E-state index contributed by atoms with van der Waals surface area (Å²) in [5.41, 5.74) is 5.20. The molecule has 3 N–H and O–H groups in total. The number of rotatable bonds is 5. The van der Waals surface area contributed by atoms with E-state index in [2.05, 4.69) is 26.1 Å². The third-order valence-electron chi connectivity index (χ3n) is 2.20. The van der Waals surface area contributed by atoms with Gasteiger partial charge in [-0.2, -0.15) is 0 Å². The smallest absolute Gasteiger partial charge is 0.234 e. The van der Waals surface area contributed by atoms with Crippen molar-refractivity contribution in [3.05, 3.63) is 0 Å². The van der Waals surface area contributed by atoms with Crippen LogP contribution in [-0.4, -0.2) is 17.5 Å². The molecule has 0 radical (unpaired) electrons. The monoisotopic (exact) mass is 172 g/mol. The predicted molar refractivity (Wildman–Crippen MR) is 50.8 cm³/mol. The summed E-state index contributed by atoms with van der Waals surface area (Å²) in [5.74, 6) is -0.265. The van der Waals surface area contributed by atoms with Crippen molar-refractivity contribution in [2.45, 2.75) is 52.1 Å². The molecule has 0 aliphatic carbocycles. The highest BCUT2D eigenvalue weighted by Gasteiger charge is 2.21. The molecule has 1 unspecified atom stereocenters. The minimum absolute atomic E-state index is 0.00426. The van der Waals surface area contributed by atoms with E-state index in [9.17, 15) is 4.79 Å². The lowest BCUT2D eigenvalue weighted by Gasteiger charge is -2.28. The van der Waals surface area contributed by atoms with Crippen LogP contribution >= 0.6 is 0 Å². The first-order chi connectivity index (χ1) is 5.43. The Hall–Kier alpha value is -0.570. The molecule has 72 valence electrons. The SMILES string of the molecule is CCC(NC(C)(C)CC)C(N)=O. The van der Waals surface area contributed by atoms with E-state index in [0.717, 1.165) is 12.8 Å². The summed E-state index contributed by atoms with van der Waals surface area (Å²) in [7, 11) is 0. The molecule has 3 heteroatoms. The van der Waals surface area contributed by atoms with Gasteiger partial charge in [-0.05, 0) is 26.7 Å². The van der Waals surface area contributed by atoms with Crippen molar-refractivity contribution in [1.82, 2.24) is 5.32 Å². The van der Waals surface area contributed by atoms with Crippen LogP contribution in [0.15, 0.2) is 0 Å². The van der Waals surface area contributed by atoms with Crippen molar-refractivity contribution in [3.8, 4) is 0 Å². The maximum Gasteiger partial charge on any atom is 0.234 e. The van der Waals surface area contributed by atoms with Gasteiger partial charge >= 0.3 is 0 Å². The summed E-state index contributed by atoms with van der Waals surface area (Å²) in [6.45, 7) is 8.17. The summed E-state index contributed by atoms with van der Waals surface area (Å²) in [6.07, 6.45) is 1.73. The summed E-state index contributed by atoms with van der Waals surface area (Å²) >= 11 is 0. The first-order valence-corrected chi connectivity index (χ1v) is 4.50. The number of nitrogens with one attached hydrogen (secondary N) is 1. The number of carbonyl (C=O) groups is 1. The van der Waals surface area contributed by atoms with Gasteiger partial charge < -0.3 is 11.1 Å². The van der Waals surface area contributed by atoms with E-state index in [1.54, 1.807) is 0 Å². The minimum atomic E-state index is -0.265. The minimum Gasteiger partial charge on any atom is -0.368 e. The zero-order valence-electron chi connectivity index (χ0n) is 8.48. The average molecular weight is 172 g/mol. The first kappa shape index (κ1) is 11.4. The van der Waals surface area contributed by atoms with Crippen molar-refractivity contribution >= 4 is 5.91 Å². The van der Waals surface area contributed by atoms with Crippen LogP contribution < -0.4 is 11.1 Å². The predicted octanol–water partition coefficient (Wildman–Crippen LogP) is 1.03. The summed E-state index contributed by atoms with van der Waals surface area (Å²) in [6, 6.07) is -0.194. The molecule has 0 saturated carbocycles. The molecule has 1 atom stereocenters. The van der Waals surface area contributed by atoms with Crippen LogP contribution in [0, 0.1) is 0 Å². The van der Waals surface area contributed by atoms with Gasteiger partial charge in [-0.15, -0.1) is 0 Å². The van der Waals surface area contributed by atoms with E-state index >= 15 is 0 Å². The molecule has 1 amide bonds. The average Bonchev–Trinajstić information content (AvgIpc) is 2.00. The van der Waals surface area contributed by atoms with E-state index in [1.165, 1.54) is 0 Å². The Morgan fingerprint density at radius 2 is 2.00 bits per heavy atom. The molecule has 0 aromatic rings. The molecule has 12 heavy (non-hydrogen) atoms. The van der Waals surface area contributed by atoms with Gasteiger partial charge in [0.25, 0.3) is 0 Å². The molecule has 0 heterocycles. The first-order valence-electron chi connectivity index (χ1n) is 4.50. The van der Waals surface area contributed by atoms with Gasteiger partial charge in [0.1, 0.15) is 0 Å². The van der Waals surface area contributed by atoms with Gasteiger partial charge in [0.05, 0.1) is 6.04 Å². The fourth-order valence-corrected chi connectivity index (χ4v) is 0.948. The van der Waals surface area contributed by atoms with Crippen molar-refractivity contribution in [2.24, 2.45) is 5.73 Å². The Morgan fingerprint density at radius 3 is 2.25 bits per heavy atom. The Bertz CT molecular complexity index is 155. The largest absolute Gasteiger partial charge is 0.368 e. The number of primary amides is 1. The lowest BCUT2D eigenvalue weighted by Crippen LogP contribution is -2.51. The second-order valence-electron chi connectivity index (χ2n) is 3.74. The molecule has 0 aliphatic heterocycles. The number of hydrogen-bond donors (Lipinski definition) is 2. The molecule has 0 spiro atoms. The number of hydrogen-bond acceptors (Lipinski definition) is 2.